The van der Waals surface area contributed by atoms with Crippen LogP contribution in [0.4, 0.5) is 21.6 Å². The third-order valence-electron chi connectivity index (χ3n) is 2.92. The lowest BCUT2D eigenvalue weighted by Gasteiger charge is -2.08. The van der Waals surface area contributed by atoms with Crippen molar-refractivity contribution in [2.45, 2.75) is 6.92 Å². The van der Waals surface area contributed by atoms with Crippen molar-refractivity contribution in [3.8, 4) is 5.95 Å². The van der Waals surface area contributed by atoms with E-state index in [1.807, 2.05) is 0 Å². The quantitative estimate of drug-likeness (QED) is 0.587. The predicted octanol–water partition coefficient (Wildman–Crippen LogP) is 2.76. The van der Waals surface area contributed by atoms with Gasteiger partial charge in [0.1, 0.15) is 24.0 Å². The molecule has 23 heavy (non-hydrogen) atoms. The number of nitrogens with zero attached hydrogens (tertiary/aromatic N) is 5. The topological polar surface area (TPSA) is 98.8 Å². The Kier molecular flexibility index (Phi) is 3.67. The second-order valence-corrected chi connectivity index (χ2v) is 4.73. The maximum Gasteiger partial charge on any atom is 0.307 e. The van der Waals surface area contributed by atoms with E-state index < -0.39 is 4.92 Å². The van der Waals surface area contributed by atoms with Gasteiger partial charge >= 0.3 is 5.69 Å². The summed E-state index contributed by atoms with van der Waals surface area (Å²) >= 11 is 0. The summed E-state index contributed by atoms with van der Waals surface area (Å²) in [5.41, 5.74) is 1.00. The van der Waals surface area contributed by atoms with Crippen molar-refractivity contribution in [1.82, 2.24) is 19.7 Å². The molecule has 0 aliphatic carbocycles. The third-order valence-corrected chi connectivity index (χ3v) is 2.92. The molecule has 0 bridgehead atoms. The van der Waals surface area contributed by atoms with Gasteiger partial charge in [0.2, 0.25) is 0 Å². The van der Waals surface area contributed by atoms with Gasteiger partial charge in [-0.15, -0.1) is 0 Å². The maximum atomic E-state index is 13.2. The molecular formula is C14H11FN6O2. The Morgan fingerprint density at radius 3 is 2.83 bits per heavy atom. The van der Waals surface area contributed by atoms with Crippen LogP contribution in [-0.2, 0) is 0 Å². The zero-order valence-corrected chi connectivity index (χ0v) is 12.0. The lowest BCUT2D eigenvalue weighted by atomic mass is 10.3. The lowest BCUT2D eigenvalue weighted by Crippen LogP contribution is -2.05. The molecule has 1 aromatic carbocycles. The maximum absolute atomic E-state index is 13.2. The number of aryl methyl sites for hydroxylation is 1. The van der Waals surface area contributed by atoms with Gasteiger partial charge in [0, 0.05) is 17.4 Å². The number of aromatic nitrogens is 4. The fraction of sp³-hybridized carbons (Fsp3) is 0.0714. The van der Waals surface area contributed by atoms with E-state index in [0.29, 0.717) is 17.2 Å². The smallest absolute Gasteiger partial charge is 0.307 e. The number of hydrogen-bond acceptors (Lipinski definition) is 6. The molecule has 0 saturated heterocycles. The van der Waals surface area contributed by atoms with E-state index >= 15 is 0 Å². The molecule has 0 aliphatic heterocycles. The molecule has 0 fully saturated rings. The molecule has 3 aromatic rings. The van der Waals surface area contributed by atoms with Crippen LogP contribution in [0.25, 0.3) is 5.95 Å². The van der Waals surface area contributed by atoms with Crippen molar-refractivity contribution in [2.75, 3.05) is 5.32 Å². The van der Waals surface area contributed by atoms with Gasteiger partial charge in [-0.3, -0.25) is 10.1 Å². The lowest BCUT2D eigenvalue weighted by molar-refractivity contribution is -0.384. The zero-order valence-electron chi connectivity index (χ0n) is 12.0. The van der Waals surface area contributed by atoms with Gasteiger partial charge in [-0.1, -0.05) is 6.07 Å². The highest BCUT2D eigenvalue weighted by Crippen LogP contribution is 2.18. The largest absolute Gasteiger partial charge is 0.340 e. The van der Waals surface area contributed by atoms with Crippen LogP contribution in [0.1, 0.15) is 5.69 Å². The van der Waals surface area contributed by atoms with Crippen LogP contribution in [0.2, 0.25) is 0 Å². The zero-order chi connectivity index (χ0) is 16.4. The molecule has 0 amide bonds. The molecule has 0 atom stereocenters. The Balaban J connectivity index is 1.93. The van der Waals surface area contributed by atoms with Crippen LogP contribution in [0.15, 0.2) is 42.7 Å². The van der Waals surface area contributed by atoms with Gasteiger partial charge in [0.05, 0.1) is 4.92 Å². The van der Waals surface area contributed by atoms with Gasteiger partial charge in [0.25, 0.3) is 5.95 Å². The number of hydrogen-bond donors (Lipinski definition) is 1. The molecule has 2 heterocycles. The second-order valence-electron chi connectivity index (χ2n) is 4.73. The van der Waals surface area contributed by atoms with E-state index in [1.165, 1.54) is 23.0 Å². The van der Waals surface area contributed by atoms with E-state index in [9.17, 15) is 14.5 Å². The van der Waals surface area contributed by atoms with Crippen molar-refractivity contribution < 1.29 is 9.31 Å². The van der Waals surface area contributed by atoms with Crippen LogP contribution in [0.3, 0.4) is 0 Å². The summed E-state index contributed by atoms with van der Waals surface area (Å²) < 4.78 is 14.4. The first-order valence-electron chi connectivity index (χ1n) is 6.59. The number of nitrogens with one attached hydrogen (secondary N) is 1. The average molecular weight is 314 g/mol. The second kappa shape index (κ2) is 5.79. The highest BCUT2D eigenvalue weighted by Gasteiger charge is 2.12. The minimum absolute atomic E-state index is 0.158. The van der Waals surface area contributed by atoms with Crippen LogP contribution in [-0.4, -0.2) is 24.7 Å². The number of benzene rings is 1. The van der Waals surface area contributed by atoms with Gasteiger partial charge < -0.3 is 5.32 Å². The number of anilines is 2. The predicted molar refractivity (Wildman–Crippen MR) is 80.2 cm³/mol. The van der Waals surface area contributed by atoms with Crippen molar-refractivity contribution in [1.29, 1.82) is 0 Å². The van der Waals surface area contributed by atoms with Gasteiger partial charge in [-0.2, -0.15) is 14.8 Å². The molecule has 0 saturated carbocycles. The van der Waals surface area contributed by atoms with Crippen molar-refractivity contribution in [2.24, 2.45) is 0 Å². The third kappa shape index (κ3) is 3.28. The summed E-state index contributed by atoms with van der Waals surface area (Å²) in [5.74, 6) is 0.233. The van der Waals surface area contributed by atoms with Crippen molar-refractivity contribution in [3.63, 3.8) is 0 Å². The van der Waals surface area contributed by atoms with Crippen LogP contribution in [0.5, 0.6) is 0 Å². The highest BCUT2D eigenvalue weighted by molar-refractivity contribution is 5.56. The van der Waals surface area contributed by atoms with E-state index in [1.54, 1.807) is 25.1 Å². The normalized spacial score (nSPS) is 10.5. The summed E-state index contributed by atoms with van der Waals surface area (Å²) in [7, 11) is 0. The van der Waals surface area contributed by atoms with Crippen molar-refractivity contribution >= 4 is 17.2 Å². The first-order chi connectivity index (χ1) is 11.0. The molecule has 1 N–H and O–H groups in total. The van der Waals surface area contributed by atoms with Gasteiger partial charge in [-0.25, -0.2) is 9.37 Å². The molecular weight excluding hydrogens is 303 g/mol. The molecule has 0 spiro atoms. The summed E-state index contributed by atoms with van der Waals surface area (Å²) in [5, 5.41) is 17.5. The molecule has 116 valence electrons. The Morgan fingerprint density at radius 2 is 2.13 bits per heavy atom. The Hall–Kier alpha value is -3.36. The SMILES string of the molecule is Cc1cc(Nc2cccc(F)c2)nc(-n2cc([N+](=O)[O-])cn2)n1. The molecule has 0 radical (unpaired) electrons. The minimum atomic E-state index is -0.550. The molecule has 3 rings (SSSR count). The number of rotatable bonds is 4. The fourth-order valence-electron chi connectivity index (χ4n) is 1.95. The number of halogens is 1. The van der Waals surface area contributed by atoms with E-state index in [-0.39, 0.29) is 17.5 Å². The first-order valence-corrected chi connectivity index (χ1v) is 6.59. The molecule has 0 unspecified atom stereocenters. The standard InChI is InChI=1S/C14H11FN6O2/c1-9-5-13(18-11-4-2-3-10(15)6-11)19-14(17-9)20-8-12(7-16-20)21(22)23/h2-8H,1H3,(H,17,18,19). The van der Waals surface area contributed by atoms with E-state index in [4.69, 9.17) is 0 Å². The summed E-state index contributed by atoms with van der Waals surface area (Å²) in [6.07, 6.45) is 2.34. The molecule has 8 nitrogen and oxygen atoms in total. The van der Waals surface area contributed by atoms with Crippen LogP contribution in [0, 0.1) is 22.9 Å². The first kappa shape index (κ1) is 14.6. The van der Waals surface area contributed by atoms with Crippen LogP contribution >= 0.6 is 0 Å². The Labute approximate surface area is 129 Å². The highest BCUT2D eigenvalue weighted by atomic mass is 19.1. The number of nitro groups is 1. The van der Waals surface area contributed by atoms with Gasteiger partial charge in [0.15, 0.2) is 0 Å². The Bertz CT molecular complexity index is 879. The summed E-state index contributed by atoms with van der Waals surface area (Å²) in [6.45, 7) is 1.75. The summed E-state index contributed by atoms with van der Waals surface area (Å²) in [4.78, 5) is 18.6. The van der Waals surface area contributed by atoms with Crippen LogP contribution < -0.4 is 5.32 Å². The average Bonchev–Trinajstić information content (AvgIpc) is 2.96. The summed E-state index contributed by atoms with van der Waals surface area (Å²) in [6, 6.07) is 7.61. The monoisotopic (exact) mass is 314 g/mol. The molecule has 9 heteroatoms. The molecule has 2 aromatic heterocycles. The fourth-order valence-corrected chi connectivity index (χ4v) is 1.95. The van der Waals surface area contributed by atoms with E-state index in [0.717, 1.165) is 6.20 Å². The Morgan fingerprint density at radius 1 is 1.30 bits per heavy atom. The minimum Gasteiger partial charge on any atom is -0.340 e. The van der Waals surface area contributed by atoms with E-state index in [2.05, 4.69) is 20.4 Å². The molecule has 0 aliphatic rings. The van der Waals surface area contributed by atoms with Gasteiger partial charge in [-0.05, 0) is 25.1 Å². The van der Waals surface area contributed by atoms with Crippen molar-refractivity contribution in [3.05, 3.63) is 64.4 Å².